The normalized spacial score (nSPS) is 12.4. The fourth-order valence-corrected chi connectivity index (χ4v) is 1.24. The Labute approximate surface area is 94.8 Å². The molecule has 90 valence electrons. The predicted molar refractivity (Wildman–Crippen MR) is 61.0 cm³/mol. The van der Waals surface area contributed by atoms with Gasteiger partial charge in [0, 0.05) is 25.4 Å². The van der Waals surface area contributed by atoms with Gasteiger partial charge in [0.1, 0.15) is 11.9 Å². The Morgan fingerprint density at radius 2 is 2.44 bits per heavy atom. The third-order valence-corrected chi connectivity index (χ3v) is 2.33. The first-order valence-corrected chi connectivity index (χ1v) is 5.14. The highest BCUT2D eigenvalue weighted by Gasteiger charge is 2.16. The number of nitrogen functional groups attached to an aromatic ring is 1. The number of aromatic nitrogens is 2. The largest absolute Gasteiger partial charge is 0.383 e. The first-order chi connectivity index (χ1) is 7.56. The van der Waals surface area contributed by atoms with E-state index in [0.717, 1.165) is 5.56 Å². The highest BCUT2D eigenvalue weighted by atomic mass is 16.5. The zero-order valence-corrected chi connectivity index (χ0v) is 9.86. The molecule has 0 saturated carbocycles. The van der Waals surface area contributed by atoms with Crippen LogP contribution < -0.4 is 11.1 Å². The van der Waals surface area contributed by atoms with E-state index in [0.29, 0.717) is 19.0 Å². The minimum absolute atomic E-state index is 0.0976. The Morgan fingerprint density at radius 3 is 2.94 bits per heavy atom. The van der Waals surface area contributed by atoms with Gasteiger partial charge in [0.15, 0.2) is 0 Å². The fraction of sp³-hybridized carbons (Fsp3) is 0.600. The molecule has 1 aromatic heterocycles. The van der Waals surface area contributed by atoms with E-state index in [2.05, 4.69) is 10.4 Å². The molecule has 3 N–H and O–H groups in total. The Bertz CT molecular complexity index is 342. The fourth-order valence-electron chi connectivity index (χ4n) is 1.24. The number of carbonyl (C=O) groups excluding carboxylic acids is 1. The maximum Gasteiger partial charge on any atom is 0.244 e. The average Bonchev–Trinajstić information content (AvgIpc) is 2.58. The van der Waals surface area contributed by atoms with Crippen LogP contribution in [0.25, 0.3) is 0 Å². The summed E-state index contributed by atoms with van der Waals surface area (Å²) in [5, 5.41) is 6.81. The van der Waals surface area contributed by atoms with Crippen LogP contribution in [0, 0.1) is 6.92 Å². The molecule has 0 radical (unpaired) electrons. The quantitative estimate of drug-likeness (QED) is 0.697. The lowest BCUT2D eigenvalue weighted by Crippen LogP contribution is -2.33. The standard InChI is InChI=1S/C10H18N4O2/c1-7-6-14(13-9(7)11)8(2)10(15)12-4-5-16-3/h6,8H,4-5H2,1-3H3,(H2,11,13)(H,12,15). The van der Waals surface area contributed by atoms with Gasteiger partial charge in [-0.1, -0.05) is 0 Å². The molecule has 0 saturated heterocycles. The van der Waals surface area contributed by atoms with Crippen LogP contribution >= 0.6 is 0 Å². The molecule has 1 amide bonds. The molecular weight excluding hydrogens is 208 g/mol. The maximum atomic E-state index is 11.7. The Morgan fingerprint density at radius 1 is 1.75 bits per heavy atom. The second kappa shape index (κ2) is 5.50. The van der Waals surface area contributed by atoms with Crippen molar-refractivity contribution < 1.29 is 9.53 Å². The molecule has 0 fully saturated rings. The molecule has 0 aliphatic rings. The summed E-state index contributed by atoms with van der Waals surface area (Å²) in [6.07, 6.45) is 1.76. The summed E-state index contributed by atoms with van der Waals surface area (Å²) in [6.45, 7) is 4.62. The summed E-state index contributed by atoms with van der Waals surface area (Å²) in [7, 11) is 1.59. The predicted octanol–water partition coefficient (Wildman–Crippen LogP) is 0.0973. The van der Waals surface area contributed by atoms with Crippen molar-refractivity contribution in [2.45, 2.75) is 19.9 Å². The van der Waals surface area contributed by atoms with Gasteiger partial charge in [-0.3, -0.25) is 9.48 Å². The van der Waals surface area contributed by atoms with E-state index in [9.17, 15) is 4.79 Å². The van der Waals surface area contributed by atoms with E-state index >= 15 is 0 Å². The molecule has 1 aromatic rings. The van der Waals surface area contributed by atoms with Crippen molar-refractivity contribution in [3.8, 4) is 0 Å². The van der Waals surface area contributed by atoms with E-state index in [-0.39, 0.29) is 11.9 Å². The van der Waals surface area contributed by atoms with Crippen LogP contribution in [0.5, 0.6) is 0 Å². The van der Waals surface area contributed by atoms with Crippen molar-refractivity contribution >= 4 is 11.7 Å². The molecule has 6 nitrogen and oxygen atoms in total. The van der Waals surface area contributed by atoms with Gasteiger partial charge in [0.2, 0.25) is 5.91 Å². The van der Waals surface area contributed by atoms with E-state index < -0.39 is 0 Å². The smallest absolute Gasteiger partial charge is 0.244 e. The minimum atomic E-state index is -0.368. The van der Waals surface area contributed by atoms with Gasteiger partial charge >= 0.3 is 0 Å². The SMILES string of the molecule is COCCNC(=O)C(C)n1cc(C)c(N)n1. The van der Waals surface area contributed by atoms with Gasteiger partial charge in [-0.2, -0.15) is 5.10 Å². The molecule has 6 heteroatoms. The molecule has 0 aliphatic carbocycles. The maximum absolute atomic E-state index is 11.7. The van der Waals surface area contributed by atoms with Crippen molar-refractivity contribution in [1.82, 2.24) is 15.1 Å². The van der Waals surface area contributed by atoms with Crippen LogP contribution in [0.1, 0.15) is 18.5 Å². The zero-order chi connectivity index (χ0) is 12.1. The number of carbonyl (C=O) groups is 1. The van der Waals surface area contributed by atoms with Gasteiger partial charge < -0.3 is 15.8 Å². The lowest BCUT2D eigenvalue weighted by Gasteiger charge is -2.12. The van der Waals surface area contributed by atoms with Crippen LogP contribution in [0.15, 0.2) is 6.20 Å². The lowest BCUT2D eigenvalue weighted by atomic mass is 10.3. The number of hydrogen-bond donors (Lipinski definition) is 2. The summed E-state index contributed by atoms with van der Waals surface area (Å²) in [6, 6.07) is -0.368. The molecule has 0 spiro atoms. The number of nitrogens with one attached hydrogen (secondary N) is 1. The zero-order valence-electron chi connectivity index (χ0n) is 9.86. The molecule has 16 heavy (non-hydrogen) atoms. The van der Waals surface area contributed by atoms with Crippen molar-refractivity contribution in [3.63, 3.8) is 0 Å². The number of aryl methyl sites for hydroxylation is 1. The van der Waals surface area contributed by atoms with Gasteiger partial charge in [0.05, 0.1) is 6.61 Å². The molecule has 0 aliphatic heterocycles. The molecule has 0 bridgehead atoms. The van der Waals surface area contributed by atoms with Crippen LogP contribution in [0.2, 0.25) is 0 Å². The van der Waals surface area contributed by atoms with Crippen LogP contribution in [0.3, 0.4) is 0 Å². The summed E-state index contributed by atoms with van der Waals surface area (Å²) >= 11 is 0. The molecular formula is C10H18N4O2. The highest BCUT2D eigenvalue weighted by Crippen LogP contribution is 2.11. The third-order valence-electron chi connectivity index (χ3n) is 2.33. The van der Waals surface area contributed by atoms with Crippen molar-refractivity contribution in [3.05, 3.63) is 11.8 Å². The number of ether oxygens (including phenoxy) is 1. The van der Waals surface area contributed by atoms with E-state index in [1.54, 1.807) is 24.9 Å². The summed E-state index contributed by atoms with van der Waals surface area (Å²) in [4.78, 5) is 11.7. The first-order valence-electron chi connectivity index (χ1n) is 5.14. The van der Waals surface area contributed by atoms with E-state index in [4.69, 9.17) is 10.5 Å². The van der Waals surface area contributed by atoms with Crippen LogP contribution in [-0.2, 0) is 9.53 Å². The average molecular weight is 226 g/mol. The molecule has 0 aromatic carbocycles. The van der Waals surface area contributed by atoms with Crippen molar-refractivity contribution in [1.29, 1.82) is 0 Å². The third kappa shape index (κ3) is 2.96. The number of nitrogens with zero attached hydrogens (tertiary/aromatic N) is 2. The van der Waals surface area contributed by atoms with Crippen LogP contribution in [0.4, 0.5) is 5.82 Å². The number of rotatable bonds is 5. The second-order valence-electron chi connectivity index (χ2n) is 3.64. The highest BCUT2D eigenvalue weighted by molar-refractivity contribution is 5.79. The molecule has 1 heterocycles. The molecule has 1 atom stereocenters. The second-order valence-corrected chi connectivity index (χ2v) is 3.64. The van der Waals surface area contributed by atoms with E-state index in [1.165, 1.54) is 0 Å². The van der Waals surface area contributed by atoms with Gasteiger partial charge in [0.25, 0.3) is 0 Å². The Kier molecular flexibility index (Phi) is 4.30. The number of nitrogens with two attached hydrogens (primary N) is 1. The Balaban J connectivity index is 2.56. The van der Waals surface area contributed by atoms with Gasteiger partial charge in [-0.05, 0) is 13.8 Å². The Hall–Kier alpha value is -1.56. The monoisotopic (exact) mass is 226 g/mol. The first kappa shape index (κ1) is 12.5. The number of hydrogen-bond acceptors (Lipinski definition) is 4. The van der Waals surface area contributed by atoms with E-state index in [1.807, 2.05) is 6.92 Å². The molecule has 1 unspecified atom stereocenters. The van der Waals surface area contributed by atoms with Gasteiger partial charge in [-0.25, -0.2) is 0 Å². The minimum Gasteiger partial charge on any atom is -0.383 e. The van der Waals surface area contributed by atoms with Crippen LogP contribution in [-0.4, -0.2) is 35.9 Å². The summed E-state index contributed by atoms with van der Waals surface area (Å²) in [5.41, 5.74) is 6.49. The summed E-state index contributed by atoms with van der Waals surface area (Å²) < 4.78 is 6.41. The lowest BCUT2D eigenvalue weighted by molar-refractivity contribution is -0.124. The van der Waals surface area contributed by atoms with Crippen molar-refractivity contribution in [2.24, 2.45) is 0 Å². The van der Waals surface area contributed by atoms with Crippen molar-refractivity contribution in [2.75, 3.05) is 26.0 Å². The molecule has 1 rings (SSSR count). The van der Waals surface area contributed by atoms with Gasteiger partial charge in [-0.15, -0.1) is 0 Å². The number of anilines is 1. The number of amides is 1. The summed E-state index contributed by atoms with van der Waals surface area (Å²) in [5.74, 6) is 0.357. The topological polar surface area (TPSA) is 82.2 Å². The number of methoxy groups -OCH3 is 1.